The fourth-order valence-electron chi connectivity index (χ4n) is 3.34. The van der Waals surface area contributed by atoms with Crippen molar-refractivity contribution in [1.29, 1.82) is 0 Å². The van der Waals surface area contributed by atoms with Gasteiger partial charge in [-0.15, -0.1) is 24.0 Å². The van der Waals surface area contributed by atoms with Gasteiger partial charge in [-0.1, -0.05) is 25.1 Å². The van der Waals surface area contributed by atoms with Crippen molar-refractivity contribution in [3.63, 3.8) is 0 Å². The monoisotopic (exact) mass is 488 g/mol. The van der Waals surface area contributed by atoms with Gasteiger partial charge in [0.25, 0.3) is 0 Å². The second-order valence-corrected chi connectivity index (χ2v) is 6.99. The van der Waals surface area contributed by atoms with Crippen molar-refractivity contribution < 1.29 is 4.74 Å². The quantitative estimate of drug-likeness (QED) is 0.327. The van der Waals surface area contributed by atoms with E-state index in [1.165, 1.54) is 38.9 Å². The molecule has 2 rings (SSSR count). The van der Waals surface area contributed by atoms with Gasteiger partial charge in [0, 0.05) is 20.1 Å². The minimum Gasteiger partial charge on any atom is -0.492 e. The van der Waals surface area contributed by atoms with Gasteiger partial charge < -0.3 is 19.9 Å². The Balaban J connectivity index is 0.00000364. The summed E-state index contributed by atoms with van der Waals surface area (Å²) in [5.74, 6) is 2.73. The van der Waals surface area contributed by atoms with E-state index in [1.807, 2.05) is 30.3 Å². The van der Waals surface area contributed by atoms with Crippen LogP contribution in [0.1, 0.15) is 33.1 Å². The molecule has 6 heteroatoms. The lowest BCUT2D eigenvalue weighted by atomic mass is 9.94. The summed E-state index contributed by atoms with van der Waals surface area (Å²) in [6.45, 7) is 11.3. The molecule has 1 aliphatic heterocycles. The van der Waals surface area contributed by atoms with Crippen LogP contribution in [0.2, 0.25) is 0 Å². The van der Waals surface area contributed by atoms with Crippen LogP contribution >= 0.6 is 24.0 Å². The second-order valence-electron chi connectivity index (χ2n) is 6.99. The largest absolute Gasteiger partial charge is 0.492 e. The van der Waals surface area contributed by atoms with E-state index in [-0.39, 0.29) is 24.0 Å². The molecule has 0 bridgehead atoms. The number of likely N-dealkylation sites (N-methyl/N-ethyl adjacent to an activating group) is 1. The van der Waals surface area contributed by atoms with E-state index >= 15 is 0 Å². The molecule has 1 fully saturated rings. The SMILES string of the molecule is CCNC(=NCCC1CCN(CC)CC1)N(C)CCOc1ccccc1.I. The number of rotatable bonds is 9. The topological polar surface area (TPSA) is 40.1 Å². The van der Waals surface area contributed by atoms with Gasteiger partial charge in [0.1, 0.15) is 12.4 Å². The third kappa shape index (κ3) is 9.14. The Kier molecular flexibility index (Phi) is 12.5. The zero-order valence-electron chi connectivity index (χ0n) is 17.2. The Morgan fingerprint density at radius 1 is 1.22 bits per heavy atom. The Labute approximate surface area is 182 Å². The van der Waals surface area contributed by atoms with E-state index in [2.05, 4.69) is 36.0 Å². The highest BCUT2D eigenvalue weighted by molar-refractivity contribution is 14.0. The molecule has 1 aromatic carbocycles. The molecule has 1 aliphatic rings. The summed E-state index contributed by atoms with van der Waals surface area (Å²) < 4.78 is 5.80. The molecule has 0 aliphatic carbocycles. The highest BCUT2D eigenvalue weighted by Gasteiger charge is 2.17. The van der Waals surface area contributed by atoms with E-state index < -0.39 is 0 Å². The molecule has 1 heterocycles. The Bertz CT molecular complexity index is 518. The highest BCUT2D eigenvalue weighted by Crippen LogP contribution is 2.20. The number of benzene rings is 1. The lowest BCUT2D eigenvalue weighted by Gasteiger charge is -2.30. The third-order valence-corrected chi connectivity index (χ3v) is 5.09. The van der Waals surface area contributed by atoms with Gasteiger partial charge in [-0.3, -0.25) is 4.99 Å². The number of halogens is 1. The lowest BCUT2D eigenvalue weighted by Crippen LogP contribution is -2.41. The molecule has 0 radical (unpaired) electrons. The molecule has 1 aromatic rings. The summed E-state index contributed by atoms with van der Waals surface area (Å²) in [6, 6.07) is 9.97. The Morgan fingerprint density at radius 3 is 2.56 bits per heavy atom. The summed E-state index contributed by atoms with van der Waals surface area (Å²) >= 11 is 0. The number of hydrogen-bond acceptors (Lipinski definition) is 3. The molecular weight excluding hydrogens is 451 g/mol. The fourth-order valence-corrected chi connectivity index (χ4v) is 3.34. The maximum Gasteiger partial charge on any atom is 0.193 e. The van der Waals surface area contributed by atoms with E-state index in [4.69, 9.17) is 9.73 Å². The summed E-state index contributed by atoms with van der Waals surface area (Å²) in [5.41, 5.74) is 0. The molecule has 0 aromatic heterocycles. The van der Waals surface area contributed by atoms with Gasteiger partial charge in [0.15, 0.2) is 5.96 Å². The predicted octanol–water partition coefficient (Wildman–Crippen LogP) is 3.70. The molecule has 5 nitrogen and oxygen atoms in total. The van der Waals surface area contributed by atoms with E-state index in [9.17, 15) is 0 Å². The van der Waals surface area contributed by atoms with Crippen molar-refractivity contribution in [2.75, 3.05) is 52.9 Å². The second kappa shape index (κ2) is 14.0. The number of aliphatic imine (C=N–C) groups is 1. The van der Waals surface area contributed by atoms with Crippen molar-refractivity contribution in [2.45, 2.75) is 33.1 Å². The number of ether oxygens (including phenoxy) is 1. The van der Waals surface area contributed by atoms with Gasteiger partial charge in [-0.25, -0.2) is 0 Å². The highest BCUT2D eigenvalue weighted by atomic mass is 127. The third-order valence-electron chi connectivity index (χ3n) is 5.09. The van der Waals surface area contributed by atoms with Crippen molar-refractivity contribution in [3.05, 3.63) is 30.3 Å². The number of para-hydroxylation sites is 1. The molecule has 1 N–H and O–H groups in total. The summed E-state index contributed by atoms with van der Waals surface area (Å²) in [5, 5.41) is 3.40. The van der Waals surface area contributed by atoms with Crippen LogP contribution in [0.15, 0.2) is 35.3 Å². The van der Waals surface area contributed by atoms with Crippen LogP contribution in [0.3, 0.4) is 0 Å². The molecule has 0 atom stereocenters. The lowest BCUT2D eigenvalue weighted by molar-refractivity contribution is 0.188. The van der Waals surface area contributed by atoms with E-state index in [0.717, 1.165) is 37.3 Å². The minimum absolute atomic E-state index is 0. The van der Waals surface area contributed by atoms with Crippen LogP contribution in [0, 0.1) is 5.92 Å². The van der Waals surface area contributed by atoms with Crippen molar-refractivity contribution in [2.24, 2.45) is 10.9 Å². The van der Waals surface area contributed by atoms with Gasteiger partial charge in [-0.05, 0) is 63.9 Å². The number of guanidine groups is 1. The standard InChI is InChI=1S/C21H36N4O.HI/c1-4-22-21(23-14-11-19-12-15-25(5-2)16-13-19)24(3)17-18-26-20-9-7-6-8-10-20;/h6-10,19H,4-5,11-18H2,1-3H3,(H,22,23);1H. The van der Waals surface area contributed by atoms with E-state index in [0.29, 0.717) is 6.61 Å². The number of likely N-dealkylation sites (tertiary alicyclic amines) is 1. The zero-order valence-corrected chi connectivity index (χ0v) is 19.5. The van der Waals surface area contributed by atoms with Gasteiger partial charge in [0.2, 0.25) is 0 Å². The molecule has 1 saturated heterocycles. The fraction of sp³-hybridized carbons (Fsp3) is 0.667. The average molecular weight is 488 g/mol. The van der Waals surface area contributed by atoms with Gasteiger partial charge in [0.05, 0.1) is 6.54 Å². The minimum atomic E-state index is 0. The number of hydrogen-bond donors (Lipinski definition) is 1. The molecule has 0 amide bonds. The normalized spacial score (nSPS) is 15.9. The number of nitrogens with one attached hydrogen (secondary N) is 1. The average Bonchev–Trinajstić information content (AvgIpc) is 2.68. The maximum atomic E-state index is 5.80. The van der Waals surface area contributed by atoms with Crippen molar-refractivity contribution in [1.82, 2.24) is 15.1 Å². The first kappa shape index (κ1) is 24.0. The van der Waals surface area contributed by atoms with Crippen LogP contribution in [-0.4, -0.2) is 68.7 Å². The summed E-state index contributed by atoms with van der Waals surface area (Å²) in [7, 11) is 2.08. The predicted molar refractivity (Wildman–Crippen MR) is 125 cm³/mol. The van der Waals surface area contributed by atoms with Crippen LogP contribution in [0.25, 0.3) is 0 Å². The van der Waals surface area contributed by atoms with Crippen LogP contribution in [0.4, 0.5) is 0 Å². The smallest absolute Gasteiger partial charge is 0.193 e. The zero-order chi connectivity index (χ0) is 18.6. The molecule has 0 unspecified atom stereocenters. The maximum absolute atomic E-state index is 5.80. The molecule has 154 valence electrons. The Hall–Kier alpha value is -1.02. The molecule has 0 spiro atoms. The molecule has 27 heavy (non-hydrogen) atoms. The number of nitrogens with zero attached hydrogens (tertiary/aromatic N) is 3. The Morgan fingerprint density at radius 2 is 1.93 bits per heavy atom. The number of piperidine rings is 1. The van der Waals surface area contributed by atoms with Crippen LogP contribution in [-0.2, 0) is 0 Å². The molecular formula is C21H37IN4O. The van der Waals surface area contributed by atoms with Crippen LogP contribution < -0.4 is 10.1 Å². The molecule has 0 saturated carbocycles. The first-order chi connectivity index (χ1) is 12.7. The summed E-state index contributed by atoms with van der Waals surface area (Å²) in [6.07, 6.45) is 3.84. The first-order valence-corrected chi connectivity index (χ1v) is 10.1. The van der Waals surface area contributed by atoms with Crippen molar-refractivity contribution in [3.8, 4) is 5.75 Å². The van der Waals surface area contributed by atoms with Crippen molar-refractivity contribution >= 4 is 29.9 Å². The van der Waals surface area contributed by atoms with E-state index in [1.54, 1.807) is 0 Å². The summed E-state index contributed by atoms with van der Waals surface area (Å²) in [4.78, 5) is 9.54. The first-order valence-electron chi connectivity index (χ1n) is 10.1. The van der Waals surface area contributed by atoms with Gasteiger partial charge in [-0.2, -0.15) is 0 Å². The van der Waals surface area contributed by atoms with Gasteiger partial charge >= 0.3 is 0 Å². The van der Waals surface area contributed by atoms with Crippen LogP contribution in [0.5, 0.6) is 5.75 Å².